The summed E-state index contributed by atoms with van der Waals surface area (Å²) in [6, 6.07) is 24.9. The molecule has 5 aromatic rings. The van der Waals surface area contributed by atoms with Crippen molar-refractivity contribution in [2.24, 2.45) is 5.16 Å². The molecule has 1 aliphatic rings. The predicted octanol–water partition coefficient (Wildman–Crippen LogP) is 4.67. The zero-order chi connectivity index (χ0) is 22.9. The zero-order valence-corrected chi connectivity index (χ0v) is 17.9. The standard InChI is InChI=1S/C26H19N5O3/c32-19-11-12-20-21(13-19)34-26-24(23(20)18-9-5-2-6-10-18)25-29-22(30-31(25)16-27-26)15-33-28-14-17-7-3-1-4-8-17/h1-14,16,23,32H,15H2. The van der Waals surface area contributed by atoms with Gasteiger partial charge in [0.25, 0.3) is 0 Å². The minimum absolute atomic E-state index is 0.112. The first-order valence-electron chi connectivity index (χ1n) is 10.8. The molecule has 0 bridgehead atoms. The molecule has 0 saturated carbocycles. The van der Waals surface area contributed by atoms with E-state index in [1.54, 1.807) is 29.2 Å². The van der Waals surface area contributed by atoms with Crippen LogP contribution in [0, 0.1) is 0 Å². The molecule has 3 aromatic carbocycles. The topological polar surface area (TPSA) is 94.1 Å². The SMILES string of the molecule is Oc1ccc2c(c1)Oc1ncn3nc(CON=Cc4ccccc4)nc3c1C2c1ccccc1. The average molecular weight is 449 g/mol. The van der Waals surface area contributed by atoms with Crippen LogP contribution in [0.25, 0.3) is 5.65 Å². The molecule has 3 heterocycles. The molecule has 0 spiro atoms. The summed E-state index contributed by atoms with van der Waals surface area (Å²) in [4.78, 5) is 14.6. The molecule has 0 amide bonds. The second kappa shape index (κ2) is 8.32. The molecule has 8 heteroatoms. The first kappa shape index (κ1) is 19.9. The number of aromatic hydroxyl groups is 1. The van der Waals surface area contributed by atoms with Gasteiger partial charge in [-0.2, -0.15) is 0 Å². The Labute approximate surface area is 194 Å². The average Bonchev–Trinajstić information content (AvgIpc) is 3.29. The lowest BCUT2D eigenvalue weighted by Gasteiger charge is -2.27. The third kappa shape index (κ3) is 3.61. The molecule has 0 radical (unpaired) electrons. The van der Waals surface area contributed by atoms with Crippen LogP contribution >= 0.6 is 0 Å². The van der Waals surface area contributed by atoms with E-state index in [9.17, 15) is 5.11 Å². The van der Waals surface area contributed by atoms with Crippen molar-refractivity contribution in [2.45, 2.75) is 12.5 Å². The maximum absolute atomic E-state index is 9.99. The Kier molecular flexibility index (Phi) is 4.88. The predicted molar refractivity (Wildman–Crippen MR) is 125 cm³/mol. The van der Waals surface area contributed by atoms with Gasteiger partial charge in [0.05, 0.1) is 11.8 Å². The second-order valence-electron chi connectivity index (χ2n) is 7.85. The Morgan fingerprint density at radius 1 is 1.03 bits per heavy atom. The van der Waals surface area contributed by atoms with Gasteiger partial charge in [0.2, 0.25) is 5.88 Å². The first-order valence-corrected chi connectivity index (χ1v) is 10.8. The highest BCUT2D eigenvalue weighted by molar-refractivity contribution is 5.78. The van der Waals surface area contributed by atoms with Crippen LogP contribution in [0.2, 0.25) is 0 Å². The first-order chi connectivity index (χ1) is 16.8. The monoisotopic (exact) mass is 449 g/mol. The largest absolute Gasteiger partial charge is 0.508 e. The number of ether oxygens (including phenoxy) is 1. The van der Waals surface area contributed by atoms with Crippen molar-refractivity contribution in [2.75, 3.05) is 0 Å². The van der Waals surface area contributed by atoms with Gasteiger partial charge in [0, 0.05) is 17.5 Å². The van der Waals surface area contributed by atoms with Crippen molar-refractivity contribution in [1.82, 2.24) is 19.6 Å². The van der Waals surface area contributed by atoms with Crippen molar-refractivity contribution in [3.63, 3.8) is 0 Å². The highest BCUT2D eigenvalue weighted by atomic mass is 16.6. The Balaban J connectivity index is 1.38. The zero-order valence-electron chi connectivity index (χ0n) is 17.9. The molecule has 2 aromatic heterocycles. The molecule has 1 aliphatic heterocycles. The summed E-state index contributed by atoms with van der Waals surface area (Å²) >= 11 is 0. The molecule has 0 fully saturated rings. The van der Waals surface area contributed by atoms with Gasteiger partial charge in [0.1, 0.15) is 17.8 Å². The maximum Gasteiger partial charge on any atom is 0.228 e. The smallest absolute Gasteiger partial charge is 0.228 e. The molecule has 1 atom stereocenters. The van der Waals surface area contributed by atoms with E-state index in [2.05, 4.69) is 27.4 Å². The summed E-state index contributed by atoms with van der Waals surface area (Å²) in [5, 5.41) is 18.5. The van der Waals surface area contributed by atoms with Crippen molar-refractivity contribution in [3.8, 4) is 17.4 Å². The fraction of sp³-hybridized carbons (Fsp3) is 0.0769. The van der Waals surface area contributed by atoms with Gasteiger partial charge < -0.3 is 14.7 Å². The van der Waals surface area contributed by atoms with Crippen LogP contribution in [-0.2, 0) is 11.4 Å². The Morgan fingerprint density at radius 2 is 1.82 bits per heavy atom. The quantitative estimate of drug-likeness (QED) is 0.304. The summed E-state index contributed by atoms with van der Waals surface area (Å²) < 4.78 is 7.70. The van der Waals surface area contributed by atoms with Crippen LogP contribution in [0.15, 0.2) is 90.3 Å². The number of fused-ring (bicyclic) bond motifs is 4. The van der Waals surface area contributed by atoms with Gasteiger partial charge >= 0.3 is 0 Å². The minimum Gasteiger partial charge on any atom is -0.508 e. The van der Waals surface area contributed by atoms with Crippen molar-refractivity contribution < 1.29 is 14.7 Å². The molecule has 1 unspecified atom stereocenters. The molecule has 1 N–H and O–H groups in total. The van der Waals surface area contributed by atoms with E-state index in [-0.39, 0.29) is 18.3 Å². The maximum atomic E-state index is 9.99. The number of oxime groups is 1. The summed E-state index contributed by atoms with van der Waals surface area (Å²) in [6.07, 6.45) is 3.21. The fourth-order valence-electron chi connectivity index (χ4n) is 4.13. The number of hydrogen-bond donors (Lipinski definition) is 1. The Hall–Kier alpha value is -4.72. The lowest BCUT2D eigenvalue weighted by atomic mass is 9.84. The van der Waals surface area contributed by atoms with Crippen molar-refractivity contribution in [1.29, 1.82) is 0 Å². The van der Waals surface area contributed by atoms with E-state index in [4.69, 9.17) is 14.6 Å². The number of phenols is 1. The van der Waals surface area contributed by atoms with Crippen LogP contribution in [0.3, 0.4) is 0 Å². The molecule has 166 valence electrons. The molecule has 6 rings (SSSR count). The lowest BCUT2D eigenvalue weighted by molar-refractivity contribution is 0.126. The molecule has 8 nitrogen and oxygen atoms in total. The van der Waals surface area contributed by atoms with Crippen molar-refractivity contribution >= 4 is 11.9 Å². The van der Waals surface area contributed by atoms with Crippen LogP contribution in [0.4, 0.5) is 0 Å². The Bertz CT molecular complexity index is 1500. The third-order valence-electron chi connectivity index (χ3n) is 5.64. The number of nitrogens with zero attached hydrogens (tertiary/aromatic N) is 5. The second-order valence-corrected chi connectivity index (χ2v) is 7.85. The van der Waals surface area contributed by atoms with Crippen molar-refractivity contribution in [3.05, 3.63) is 113 Å². The van der Waals surface area contributed by atoms with Crippen LogP contribution < -0.4 is 4.74 Å². The third-order valence-corrected chi connectivity index (χ3v) is 5.64. The van der Waals surface area contributed by atoms with Crippen LogP contribution in [0.1, 0.15) is 34.0 Å². The number of hydrogen-bond acceptors (Lipinski definition) is 7. The van der Waals surface area contributed by atoms with E-state index < -0.39 is 0 Å². The van der Waals surface area contributed by atoms with Gasteiger partial charge in [0.15, 0.2) is 18.1 Å². The van der Waals surface area contributed by atoms with Gasteiger partial charge in [-0.3, -0.25) is 0 Å². The van der Waals surface area contributed by atoms with Gasteiger partial charge in [-0.1, -0.05) is 71.9 Å². The normalized spacial score (nSPS) is 14.5. The summed E-state index contributed by atoms with van der Waals surface area (Å²) in [6.45, 7) is 0.112. The number of aromatic nitrogens is 4. The van der Waals surface area contributed by atoms with Crippen LogP contribution in [0.5, 0.6) is 17.4 Å². The molecule has 0 saturated heterocycles. The van der Waals surface area contributed by atoms with Gasteiger partial charge in [-0.05, 0) is 17.2 Å². The number of phenolic OH excluding ortho intramolecular Hbond substituents is 1. The summed E-state index contributed by atoms with van der Waals surface area (Å²) in [5.74, 6) is 1.42. The molecular weight excluding hydrogens is 430 g/mol. The van der Waals surface area contributed by atoms with E-state index in [0.717, 1.165) is 22.3 Å². The number of benzene rings is 3. The van der Waals surface area contributed by atoms with Crippen LogP contribution in [-0.4, -0.2) is 30.9 Å². The highest BCUT2D eigenvalue weighted by Gasteiger charge is 2.33. The highest BCUT2D eigenvalue weighted by Crippen LogP contribution is 2.48. The minimum atomic E-state index is -0.189. The van der Waals surface area contributed by atoms with E-state index in [1.165, 1.54) is 0 Å². The van der Waals surface area contributed by atoms with E-state index in [0.29, 0.717) is 23.1 Å². The molecule has 0 aliphatic carbocycles. The van der Waals surface area contributed by atoms with E-state index >= 15 is 0 Å². The van der Waals surface area contributed by atoms with Gasteiger partial charge in [-0.25, -0.2) is 14.5 Å². The summed E-state index contributed by atoms with van der Waals surface area (Å²) in [5.41, 5.74) is 4.35. The Morgan fingerprint density at radius 3 is 2.65 bits per heavy atom. The number of rotatable bonds is 5. The molecular formula is C26H19N5O3. The van der Waals surface area contributed by atoms with E-state index in [1.807, 2.05) is 54.6 Å². The fourth-order valence-corrected chi connectivity index (χ4v) is 4.13. The molecule has 34 heavy (non-hydrogen) atoms. The summed E-state index contributed by atoms with van der Waals surface area (Å²) in [7, 11) is 0. The lowest BCUT2D eigenvalue weighted by Crippen LogP contribution is -2.14. The van der Waals surface area contributed by atoms with Gasteiger partial charge in [-0.15, -0.1) is 5.10 Å².